The van der Waals surface area contributed by atoms with Crippen LogP contribution in [-0.2, 0) is 16.1 Å². The number of rotatable bonds is 9. The average molecular weight is 483 g/mol. The zero-order valence-electron chi connectivity index (χ0n) is 21.5. The molecule has 4 heteroatoms. The minimum atomic E-state index is -0.548. The second kappa shape index (κ2) is 12.5. The van der Waals surface area contributed by atoms with Crippen LogP contribution in [0.5, 0.6) is 0 Å². The normalized spacial score (nSPS) is 14.9. The number of benzene rings is 3. The lowest BCUT2D eigenvalue weighted by atomic mass is 9.88. The lowest BCUT2D eigenvalue weighted by Gasteiger charge is -2.32. The topological polar surface area (TPSA) is 49.4 Å². The van der Waals surface area contributed by atoms with Crippen LogP contribution in [0.2, 0.25) is 0 Å². The maximum absolute atomic E-state index is 14.0. The van der Waals surface area contributed by atoms with Crippen LogP contribution in [0.25, 0.3) is 0 Å². The Kier molecular flexibility index (Phi) is 8.94. The minimum Gasteiger partial charge on any atom is -0.352 e. The van der Waals surface area contributed by atoms with E-state index in [-0.39, 0.29) is 23.8 Å². The molecule has 3 aromatic rings. The summed E-state index contributed by atoms with van der Waals surface area (Å²) in [6, 6.07) is 28.2. The van der Waals surface area contributed by atoms with Crippen molar-refractivity contribution in [3.8, 4) is 0 Å². The molecule has 0 aromatic heterocycles. The molecule has 4 nitrogen and oxygen atoms in total. The molecule has 3 aromatic carbocycles. The summed E-state index contributed by atoms with van der Waals surface area (Å²) in [4.78, 5) is 29.0. The number of carbonyl (C=O) groups is 2. The van der Waals surface area contributed by atoms with Gasteiger partial charge in [-0.15, -0.1) is 0 Å². The number of carbonyl (C=O) groups excluding carboxylic acids is 2. The Bertz CT molecular complexity index is 1070. The van der Waals surface area contributed by atoms with Gasteiger partial charge in [-0.25, -0.2) is 0 Å². The highest BCUT2D eigenvalue weighted by Gasteiger charge is 2.30. The Morgan fingerprint density at radius 3 is 1.94 bits per heavy atom. The standard InChI is InChI=1S/C32H38N2O2/c1-24-18-20-26(21-19-24)23-34(25(2)32(36)33-29-16-10-5-11-17-29)31(35)22-30(27-12-6-3-7-13-27)28-14-8-4-9-15-28/h3-4,6-9,12-15,18-21,25,29-30H,5,10-11,16-17,22-23H2,1-2H3,(H,33,36)/t25-/m0/s1. The maximum Gasteiger partial charge on any atom is 0.242 e. The van der Waals surface area contributed by atoms with Crippen molar-refractivity contribution >= 4 is 11.8 Å². The number of hydrogen-bond donors (Lipinski definition) is 1. The number of hydrogen-bond acceptors (Lipinski definition) is 2. The summed E-state index contributed by atoms with van der Waals surface area (Å²) in [6.45, 7) is 4.33. The fourth-order valence-electron chi connectivity index (χ4n) is 5.13. The predicted molar refractivity (Wildman–Crippen MR) is 146 cm³/mol. The molecule has 1 aliphatic carbocycles. The minimum absolute atomic E-state index is 0.0143. The molecule has 4 rings (SSSR count). The van der Waals surface area contributed by atoms with E-state index >= 15 is 0 Å². The van der Waals surface area contributed by atoms with Gasteiger partial charge in [0, 0.05) is 24.9 Å². The average Bonchev–Trinajstić information content (AvgIpc) is 2.92. The van der Waals surface area contributed by atoms with Gasteiger partial charge in [0.2, 0.25) is 11.8 Å². The van der Waals surface area contributed by atoms with Gasteiger partial charge in [0.15, 0.2) is 0 Å². The third-order valence-electron chi connectivity index (χ3n) is 7.38. The van der Waals surface area contributed by atoms with E-state index in [9.17, 15) is 9.59 Å². The Labute approximate surface area is 215 Å². The summed E-state index contributed by atoms with van der Waals surface area (Å²) in [5.74, 6) is -0.146. The molecule has 0 unspecified atom stereocenters. The van der Waals surface area contributed by atoms with Crippen molar-refractivity contribution in [2.24, 2.45) is 0 Å². The summed E-state index contributed by atoms with van der Waals surface area (Å²) in [5.41, 5.74) is 4.41. The van der Waals surface area contributed by atoms with Crippen molar-refractivity contribution < 1.29 is 9.59 Å². The Balaban J connectivity index is 1.58. The summed E-state index contributed by atoms with van der Waals surface area (Å²) in [5, 5.41) is 3.23. The van der Waals surface area contributed by atoms with Crippen molar-refractivity contribution in [3.63, 3.8) is 0 Å². The Morgan fingerprint density at radius 1 is 0.833 bits per heavy atom. The van der Waals surface area contributed by atoms with Crippen molar-refractivity contribution in [2.45, 2.75) is 76.9 Å². The SMILES string of the molecule is Cc1ccc(CN(C(=O)CC(c2ccccc2)c2ccccc2)[C@@H](C)C(=O)NC2CCCCC2)cc1. The monoisotopic (exact) mass is 482 g/mol. The van der Waals surface area contributed by atoms with Crippen LogP contribution in [-0.4, -0.2) is 28.8 Å². The highest BCUT2D eigenvalue weighted by molar-refractivity contribution is 5.88. The van der Waals surface area contributed by atoms with Crippen LogP contribution in [0.3, 0.4) is 0 Å². The first-order valence-electron chi connectivity index (χ1n) is 13.3. The van der Waals surface area contributed by atoms with Crippen LogP contribution >= 0.6 is 0 Å². The number of aryl methyl sites for hydroxylation is 1. The second-order valence-electron chi connectivity index (χ2n) is 10.1. The van der Waals surface area contributed by atoms with Crippen molar-refractivity contribution in [2.75, 3.05) is 0 Å². The lowest BCUT2D eigenvalue weighted by molar-refractivity contribution is -0.141. The molecule has 1 fully saturated rings. The zero-order chi connectivity index (χ0) is 25.3. The largest absolute Gasteiger partial charge is 0.352 e. The number of amides is 2. The number of nitrogens with zero attached hydrogens (tertiary/aromatic N) is 1. The highest BCUT2D eigenvalue weighted by Crippen LogP contribution is 2.29. The molecule has 1 saturated carbocycles. The van der Waals surface area contributed by atoms with Gasteiger partial charge in [-0.1, -0.05) is 110 Å². The van der Waals surface area contributed by atoms with E-state index in [2.05, 4.69) is 48.6 Å². The Morgan fingerprint density at radius 2 is 1.39 bits per heavy atom. The third kappa shape index (κ3) is 6.84. The van der Waals surface area contributed by atoms with Crippen LogP contribution < -0.4 is 5.32 Å². The van der Waals surface area contributed by atoms with Crippen LogP contribution in [0, 0.1) is 6.92 Å². The molecule has 0 heterocycles. The second-order valence-corrected chi connectivity index (χ2v) is 10.1. The molecule has 0 spiro atoms. The predicted octanol–water partition coefficient (Wildman–Crippen LogP) is 6.38. The summed E-state index contributed by atoms with van der Waals surface area (Å²) < 4.78 is 0. The molecule has 1 N–H and O–H groups in total. The van der Waals surface area contributed by atoms with Crippen molar-refractivity contribution in [1.82, 2.24) is 10.2 Å². The maximum atomic E-state index is 14.0. The molecule has 0 saturated heterocycles. The molecule has 1 aliphatic rings. The summed E-state index contributed by atoms with van der Waals surface area (Å²) in [7, 11) is 0. The quantitative estimate of drug-likeness (QED) is 0.385. The lowest BCUT2D eigenvalue weighted by Crippen LogP contribution is -2.50. The van der Waals surface area contributed by atoms with E-state index in [0.29, 0.717) is 13.0 Å². The van der Waals surface area contributed by atoms with Gasteiger partial charge < -0.3 is 10.2 Å². The summed E-state index contributed by atoms with van der Waals surface area (Å²) >= 11 is 0. The van der Waals surface area contributed by atoms with Crippen molar-refractivity contribution in [3.05, 3.63) is 107 Å². The fraction of sp³-hybridized carbons (Fsp3) is 0.375. The highest BCUT2D eigenvalue weighted by atomic mass is 16.2. The van der Waals surface area contributed by atoms with E-state index in [4.69, 9.17) is 0 Å². The van der Waals surface area contributed by atoms with Gasteiger partial charge in [0.05, 0.1) is 0 Å². The van der Waals surface area contributed by atoms with Gasteiger partial charge in [-0.05, 0) is 43.4 Å². The van der Waals surface area contributed by atoms with E-state index in [1.807, 2.05) is 55.5 Å². The van der Waals surface area contributed by atoms with Crippen LogP contribution in [0.1, 0.15) is 73.6 Å². The molecule has 2 amide bonds. The molecule has 1 atom stereocenters. The van der Waals surface area contributed by atoms with Gasteiger partial charge in [0.1, 0.15) is 6.04 Å². The third-order valence-corrected chi connectivity index (χ3v) is 7.38. The first kappa shape index (κ1) is 25.7. The Hall–Kier alpha value is -3.40. The molecule has 36 heavy (non-hydrogen) atoms. The molecule has 0 bridgehead atoms. The van der Waals surface area contributed by atoms with Gasteiger partial charge in [-0.2, -0.15) is 0 Å². The van der Waals surface area contributed by atoms with Gasteiger partial charge in [0.25, 0.3) is 0 Å². The molecule has 0 aliphatic heterocycles. The van der Waals surface area contributed by atoms with Crippen LogP contribution in [0.15, 0.2) is 84.9 Å². The smallest absolute Gasteiger partial charge is 0.242 e. The van der Waals surface area contributed by atoms with E-state index < -0.39 is 6.04 Å². The van der Waals surface area contributed by atoms with E-state index in [1.54, 1.807) is 4.90 Å². The van der Waals surface area contributed by atoms with Gasteiger partial charge >= 0.3 is 0 Å². The first-order chi connectivity index (χ1) is 17.5. The van der Waals surface area contributed by atoms with Crippen LogP contribution in [0.4, 0.5) is 0 Å². The molecule has 188 valence electrons. The first-order valence-corrected chi connectivity index (χ1v) is 13.3. The molecule has 0 radical (unpaired) electrons. The summed E-state index contributed by atoms with van der Waals surface area (Å²) in [6.07, 6.45) is 5.90. The van der Waals surface area contributed by atoms with Gasteiger partial charge in [-0.3, -0.25) is 9.59 Å². The molecular weight excluding hydrogens is 444 g/mol. The van der Waals surface area contributed by atoms with E-state index in [1.165, 1.54) is 12.0 Å². The molecular formula is C32H38N2O2. The fourth-order valence-corrected chi connectivity index (χ4v) is 5.13. The zero-order valence-corrected chi connectivity index (χ0v) is 21.5. The number of nitrogens with one attached hydrogen (secondary N) is 1. The van der Waals surface area contributed by atoms with Crippen molar-refractivity contribution in [1.29, 1.82) is 0 Å². The van der Waals surface area contributed by atoms with E-state index in [0.717, 1.165) is 42.4 Å².